The third-order valence-electron chi connectivity index (χ3n) is 1.67. The van der Waals surface area contributed by atoms with Gasteiger partial charge in [0.25, 0.3) is 0 Å². The lowest BCUT2D eigenvalue weighted by Gasteiger charge is -2.01. The van der Waals surface area contributed by atoms with Crippen LogP contribution in [0.5, 0.6) is 11.5 Å². The highest BCUT2D eigenvalue weighted by Crippen LogP contribution is 2.25. The number of carboxylic acids is 1. The van der Waals surface area contributed by atoms with Gasteiger partial charge in [-0.25, -0.2) is 0 Å². The normalized spacial score (nSPS) is 8.24. The number of phenolic OH excluding ortho intramolecular Hbond substituents is 2. The molecule has 1 rings (SSSR count). The highest BCUT2D eigenvalue weighted by molar-refractivity contribution is 5.67. The molecule has 0 aliphatic rings. The van der Waals surface area contributed by atoms with Gasteiger partial charge in [-0.3, -0.25) is 4.79 Å². The number of aliphatic carboxylic acids is 1. The average molecular weight is 242 g/mol. The molecular formula is C13H22O4. The average Bonchev–Trinajstić information content (AvgIpc) is 2.36. The van der Waals surface area contributed by atoms with E-state index in [0.29, 0.717) is 12.0 Å². The van der Waals surface area contributed by atoms with Gasteiger partial charge >= 0.3 is 5.97 Å². The van der Waals surface area contributed by atoms with E-state index in [-0.39, 0.29) is 17.9 Å². The van der Waals surface area contributed by atoms with Gasteiger partial charge in [0.2, 0.25) is 0 Å². The van der Waals surface area contributed by atoms with Gasteiger partial charge in [0, 0.05) is 6.42 Å². The fourth-order valence-corrected chi connectivity index (χ4v) is 0.976. The SMILES string of the molecule is CC.CC.O=C(O)CCc1ccc(O)c(O)c1. The van der Waals surface area contributed by atoms with Crippen molar-refractivity contribution in [1.29, 1.82) is 0 Å². The molecule has 4 heteroatoms. The molecule has 4 nitrogen and oxygen atoms in total. The Labute approximate surface area is 103 Å². The van der Waals surface area contributed by atoms with Crippen LogP contribution >= 0.6 is 0 Å². The van der Waals surface area contributed by atoms with Gasteiger partial charge < -0.3 is 15.3 Å². The monoisotopic (exact) mass is 242 g/mol. The molecule has 0 spiro atoms. The Kier molecular flexibility index (Phi) is 11.2. The van der Waals surface area contributed by atoms with Gasteiger partial charge in [0.15, 0.2) is 11.5 Å². The molecule has 3 N–H and O–H groups in total. The quantitative estimate of drug-likeness (QED) is 0.711. The topological polar surface area (TPSA) is 77.8 Å². The van der Waals surface area contributed by atoms with Crippen LogP contribution in [0.4, 0.5) is 0 Å². The van der Waals surface area contributed by atoms with Crippen molar-refractivity contribution in [3.63, 3.8) is 0 Å². The van der Waals surface area contributed by atoms with E-state index in [9.17, 15) is 4.79 Å². The van der Waals surface area contributed by atoms with Crippen LogP contribution < -0.4 is 0 Å². The molecule has 0 heterocycles. The number of hydrogen-bond acceptors (Lipinski definition) is 3. The van der Waals surface area contributed by atoms with Crippen LogP contribution in [-0.2, 0) is 11.2 Å². The number of rotatable bonds is 3. The Balaban J connectivity index is 0. The molecule has 17 heavy (non-hydrogen) atoms. The smallest absolute Gasteiger partial charge is 0.303 e. The molecule has 0 atom stereocenters. The Morgan fingerprint density at radius 2 is 1.59 bits per heavy atom. The summed E-state index contributed by atoms with van der Waals surface area (Å²) in [5.74, 6) is -1.30. The fourth-order valence-electron chi connectivity index (χ4n) is 0.976. The van der Waals surface area contributed by atoms with Gasteiger partial charge in [-0.05, 0) is 24.1 Å². The minimum atomic E-state index is -0.882. The van der Waals surface area contributed by atoms with Crippen LogP contribution in [0.25, 0.3) is 0 Å². The van der Waals surface area contributed by atoms with Gasteiger partial charge in [-0.15, -0.1) is 0 Å². The number of carbonyl (C=O) groups is 1. The molecular weight excluding hydrogens is 220 g/mol. The minimum absolute atomic E-state index is 0.0181. The predicted molar refractivity (Wildman–Crippen MR) is 68.4 cm³/mol. The van der Waals surface area contributed by atoms with Crippen LogP contribution in [0.1, 0.15) is 39.7 Å². The van der Waals surface area contributed by atoms with Crippen molar-refractivity contribution in [2.24, 2.45) is 0 Å². The molecule has 0 unspecified atom stereocenters. The second-order valence-electron chi connectivity index (χ2n) is 2.72. The zero-order valence-corrected chi connectivity index (χ0v) is 10.9. The van der Waals surface area contributed by atoms with E-state index >= 15 is 0 Å². The Morgan fingerprint density at radius 1 is 1.06 bits per heavy atom. The number of aryl methyl sites for hydroxylation is 1. The van der Waals surface area contributed by atoms with Crippen LogP contribution in [0.2, 0.25) is 0 Å². The molecule has 0 aromatic heterocycles. The van der Waals surface area contributed by atoms with Crippen molar-refractivity contribution in [2.45, 2.75) is 40.5 Å². The van der Waals surface area contributed by atoms with Crippen LogP contribution in [0.3, 0.4) is 0 Å². The second kappa shape index (κ2) is 10.8. The number of carboxylic acid groups (broad SMARTS) is 1. The predicted octanol–water partition coefficient (Wildman–Crippen LogP) is 3.17. The summed E-state index contributed by atoms with van der Waals surface area (Å²) in [7, 11) is 0. The molecule has 0 aliphatic heterocycles. The Morgan fingerprint density at radius 3 is 2.00 bits per heavy atom. The van der Waals surface area contributed by atoms with E-state index in [1.807, 2.05) is 27.7 Å². The maximum Gasteiger partial charge on any atom is 0.303 e. The summed E-state index contributed by atoms with van der Waals surface area (Å²) in [4.78, 5) is 10.2. The summed E-state index contributed by atoms with van der Waals surface area (Å²) in [5.41, 5.74) is 0.692. The van der Waals surface area contributed by atoms with E-state index < -0.39 is 5.97 Å². The van der Waals surface area contributed by atoms with Crippen molar-refractivity contribution in [3.05, 3.63) is 23.8 Å². The van der Waals surface area contributed by atoms with E-state index in [1.165, 1.54) is 12.1 Å². The first-order chi connectivity index (χ1) is 8.09. The number of hydrogen-bond donors (Lipinski definition) is 3. The highest BCUT2D eigenvalue weighted by Gasteiger charge is 2.02. The zero-order chi connectivity index (χ0) is 13.8. The molecule has 98 valence electrons. The lowest BCUT2D eigenvalue weighted by Crippen LogP contribution is -1.96. The van der Waals surface area contributed by atoms with Crippen molar-refractivity contribution in [2.75, 3.05) is 0 Å². The molecule has 0 bridgehead atoms. The van der Waals surface area contributed by atoms with Crippen LogP contribution in [0.15, 0.2) is 18.2 Å². The van der Waals surface area contributed by atoms with Crippen molar-refractivity contribution in [3.8, 4) is 11.5 Å². The van der Waals surface area contributed by atoms with Crippen molar-refractivity contribution in [1.82, 2.24) is 0 Å². The molecule has 0 saturated heterocycles. The number of aromatic hydroxyl groups is 2. The molecule has 1 aromatic rings. The lowest BCUT2D eigenvalue weighted by molar-refractivity contribution is -0.136. The summed E-state index contributed by atoms with van der Waals surface area (Å²) in [6, 6.07) is 4.28. The van der Waals surface area contributed by atoms with Crippen molar-refractivity contribution < 1.29 is 20.1 Å². The van der Waals surface area contributed by atoms with E-state index in [1.54, 1.807) is 6.07 Å². The minimum Gasteiger partial charge on any atom is -0.504 e. The van der Waals surface area contributed by atoms with Crippen LogP contribution in [-0.4, -0.2) is 21.3 Å². The lowest BCUT2D eigenvalue weighted by atomic mass is 10.1. The second-order valence-corrected chi connectivity index (χ2v) is 2.72. The molecule has 0 aliphatic carbocycles. The first-order valence-corrected chi connectivity index (χ1v) is 5.82. The summed E-state index contributed by atoms with van der Waals surface area (Å²) in [6.45, 7) is 8.00. The van der Waals surface area contributed by atoms with Gasteiger partial charge in [-0.2, -0.15) is 0 Å². The van der Waals surface area contributed by atoms with E-state index in [4.69, 9.17) is 15.3 Å². The third-order valence-corrected chi connectivity index (χ3v) is 1.67. The van der Waals surface area contributed by atoms with Crippen molar-refractivity contribution >= 4 is 5.97 Å². The molecule has 0 fully saturated rings. The zero-order valence-electron chi connectivity index (χ0n) is 10.9. The summed E-state index contributed by atoms with van der Waals surface area (Å²) < 4.78 is 0. The van der Waals surface area contributed by atoms with Gasteiger partial charge in [0.05, 0.1) is 0 Å². The maximum absolute atomic E-state index is 10.2. The third kappa shape index (κ3) is 8.13. The highest BCUT2D eigenvalue weighted by atomic mass is 16.4. The van der Waals surface area contributed by atoms with E-state index in [0.717, 1.165) is 0 Å². The Hall–Kier alpha value is -1.71. The molecule has 1 aromatic carbocycles. The van der Waals surface area contributed by atoms with Gasteiger partial charge in [-0.1, -0.05) is 33.8 Å². The largest absolute Gasteiger partial charge is 0.504 e. The molecule has 0 radical (unpaired) electrons. The first kappa shape index (κ1) is 17.7. The molecule has 0 amide bonds. The summed E-state index contributed by atoms with van der Waals surface area (Å²) >= 11 is 0. The number of benzene rings is 1. The maximum atomic E-state index is 10.2. The molecule has 0 saturated carbocycles. The summed E-state index contributed by atoms with van der Waals surface area (Å²) in [5, 5.41) is 26.4. The first-order valence-electron chi connectivity index (χ1n) is 5.82. The van der Waals surface area contributed by atoms with Gasteiger partial charge in [0.1, 0.15) is 0 Å². The van der Waals surface area contributed by atoms with E-state index in [2.05, 4.69) is 0 Å². The Bertz CT molecular complexity index is 321. The summed E-state index contributed by atoms with van der Waals surface area (Å²) in [6.07, 6.45) is 0.368. The van der Waals surface area contributed by atoms with Crippen LogP contribution in [0, 0.1) is 0 Å². The standard InChI is InChI=1S/C9H10O4.2C2H6/c10-7-3-1-6(5-8(7)11)2-4-9(12)13;2*1-2/h1,3,5,10-11H,2,4H2,(H,12,13);2*1-2H3. The fraction of sp³-hybridized carbons (Fsp3) is 0.462. The number of phenols is 2.